The van der Waals surface area contributed by atoms with Gasteiger partial charge in [0.25, 0.3) is 0 Å². The summed E-state index contributed by atoms with van der Waals surface area (Å²) in [6.07, 6.45) is 7.11. The van der Waals surface area contributed by atoms with Crippen LogP contribution in [-0.4, -0.2) is 49.8 Å². The summed E-state index contributed by atoms with van der Waals surface area (Å²) in [6, 6.07) is 9.34. The number of imidazole rings is 1. The summed E-state index contributed by atoms with van der Waals surface area (Å²) in [5.74, 6) is -0.831. The molecule has 0 saturated carbocycles. The van der Waals surface area contributed by atoms with Crippen molar-refractivity contribution in [3.8, 4) is 33.8 Å². The molecule has 13 heteroatoms. The highest BCUT2D eigenvalue weighted by molar-refractivity contribution is 7.88. The van der Waals surface area contributed by atoms with Crippen LogP contribution in [0.25, 0.3) is 56.0 Å². The molecule has 0 amide bonds. The van der Waals surface area contributed by atoms with Gasteiger partial charge in [-0.2, -0.15) is 5.10 Å². The van der Waals surface area contributed by atoms with Crippen LogP contribution in [0, 0.1) is 11.6 Å². The highest BCUT2D eigenvalue weighted by Gasteiger charge is 2.21. The Kier molecular flexibility index (Phi) is 5.65. The molecule has 190 valence electrons. The van der Waals surface area contributed by atoms with E-state index in [0.717, 1.165) is 6.26 Å². The first-order valence-electron chi connectivity index (χ1n) is 11.3. The number of hydrogen-bond donors (Lipinski definition) is 3. The maximum Gasteiger partial charge on any atom is 0.209 e. The highest BCUT2D eigenvalue weighted by Crippen LogP contribution is 2.34. The zero-order valence-electron chi connectivity index (χ0n) is 19.7. The molecule has 0 atom stereocenters. The Morgan fingerprint density at radius 2 is 1.84 bits per heavy atom. The number of aromatic amines is 2. The van der Waals surface area contributed by atoms with Crippen molar-refractivity contribution >= 4 is 32.2 Å². The number of hydrogen-bond acceptors (Lipinski definition) is 7. The molecule has 10 nitrogen and oxygen atoms in total. The van der Waals surface area contributed by atoms with E-state index in [9.17, 15) is 12.8 Å². The Labute approximate surface area is 214 Å². The first kappa shape index (κ1) is 23.8. The van der Waals surface area contributed by atoms with Crippen molar-refractivity contribution in [3.05, 3.63) is 78.4 Å². The average molecular weight is 533 g/mol. The normalized spacial score (nSPS) is 12.0. The summed E-state index contributed by atoms with van der Waals surface area (Å²) in [6.45, 7) is -0.0750. The van der Waals surface area contributed by atoms with Gasteiger partial charge in [0.15, 0.2) is 17.1 Å². The molecular weight excluding hydrogens is 514 g/mol. The van der Waals surface area contributed by atoms with Gasteiger partial charge in [0.1, 0.15) is 22.8 Å². The number of fused-ring (bicyclic) bond motifs is 2. The van der Waals surface area contributed by atoms with Crippen LogP contribution in [0.4, 0.5) is 8.78 Å². The molecule has 5 heterocycles. The molecule has 0 spiro atoms. The van der Waals surface area contributed by atoms with Gasteiger partial charge < -0.3 is 4.98 Å². The van der Waals surface area contributed by atoms with Crippen molar-refractivity contribution in [1.82, 2.24) is 39.8 Å². The zero-order valence-corrected chi connectivity index (χ0v) is 20.5. The second-order valence-corrected chi connectivity index (χ2v) is 10.4. The van der Waals surface area contributed by atoms with Crippen molar-refractivity contribution in [2.75, 3.05) is 6.26 Å². The van der Waals surface area contributed by atoms with E-state index in [-0.39, 0.29) is 34.7 Å². The summed E-state index contributed by atoms with van der Waals surface area (Å²) in [7, 11) is -3.46. The van der Waals surface area contributed by atoms with Gasteiger partial charge in [-0.1, -0.05) is 6.07 Å². The number of halogens is 2. The molecule has 38 heavy (non-hydrogen) atoms. The standard InChI is InChI=1S/C25H18F2N8O2S/c1-38(36,37)31-10-13-7-15(9-16(26)8-13)17-4-6-29-24-21(17)32-25(33-24)22-19-20(27)18(12-30-23(19)35-34-22)14-3-2-5-28-11-14/h2-9,11-12,31H,10H2,1H3,(H,29,32,33)(H,30,34,35). The fraction of sp³-hybridized carbons (Fsp3) is 0.0800. The maximum absolute atomic E-state index is 15.7. The average Bonchev–Trinajstić information content (AvgIpc) is 3.52. The summed E-state index contributed by atoms with van der Waals surface area (Å²) < 4.78 is 55.5. The van der Waals surface area contributed by atoms with Crippen LogP contribution >= 0.6 is 0 Å². The van der Waals surface area contributed by atoms with E-state index < -0.39 is 21.7 Å². The second-order valence-electron chi connectivity index (χ2n) is 8.61. The summed E-state index contributed by atoms with van der Waals surface area (Å²) in [5, 5.41) is 7.12. The minimum Gasteiger partial charge on any atom is -0.321 e. The van der Waals surface area contributed by atoms with Crippen LogP contribution in [0.5, 0.6) is 0 Å². The molecule has 0 radical (unpaired) electrons. The van der Waals surface area contributed by atoms with Gasteiger partial charge in [0.2, 0.25) is 10.0 Å². The minimum atomic E-state index is -3.46. The molecule has 3 N–H and O–H groups in total. The van der Waals surface area contributed by atoms with E-state index in [4.69, 9.17) is 0 Å². The predicted octanol–water partition coefficient (Wildman–Crippen LogP) is 3.95. The molecule has 5 aromatic heterocycles. The maximum atomic E-state index is 15.7. The lowest BCUT2D eigenvalue weighted by atomic mass is 10.0. The van der Waals surface area contributed by atoms with Crippen molar-refractivity contribution in [3.63, 3.8) is 0 Å². The SMILES string of the molecule is CS(=O)(=O)NCc1cc(F)cc(-c2ccnc3[nH]c(-c4n[nH]c5ncc(-c6cccnc6)c(F)c45)nc23)c1. The molecule has 6 rings (SSSR count). The van der Waals surface area contributed by atoms with E-state index in [1.807, 2.05) is 0 Å². The van der Waals surface area contributed by atoms with Gasteiger partial charge in [-0.05, 0) is 41.5 Å². The van der Waals surface area contributed by atoms with E-state index in [1.165, 1.54) is 24.5 Å². The highest BCUT2D eigenvalue weighted by atomic mass is 32.2. The van der Waals surface area contributed by atoms with Gasteiger partial charge in [0.05, 0.1) is 11.6 Å². The van der Waals surface area contributed by atoms with E-state index in [0.29, 0.717) is 33.4 Å². The molecule has 0 unspecified atom stereocenters. The fourth-order valence-electron chi connectivity index (χ4n) is 4.23. The number of rotatable bonds is 6. The third-order valence-corrected chi connectivity index (χ3v) is 6.58. The lowest BCUT2D eigenvalue weighted by molar-refractivity contribution is 0.586. The van der Waals surface area contributed by atoms with Crippen molar-refractivity contribution in [2.24, 2.45) is 0 Å². The van der Waals surface area contributed by atoms with Gasteiger partial charge >= 0.3 is 0 Å². The van der Waals surface area contributed by atoms with Crippen molar-refractivity contribution in [1.29, 1.82) is 0 Å². The van der Waals surface area contributed by atoms with Gasteiger partial charge in [-0.3, -0.25) is 10.1 Å². The van der Waals surface area contributed by atoms with Crippen LogP contribution in [-0.2, 0) is 16.6 Å². The number of benzene rings is 1. The number of aromatic nitrogens is 7. The molecule has 0 aliphatic heterocycles. The number of H-pyrrole nitrogens is 2. The lowest BCUT2D eigenvalue weighted by Crippen LogP contribution is -2.21. The first-order chi connectivity index (χ1) is 18.3. The molecule has 0 aliphatic rings. The molecule has 0 saturated heterocycles. The predicted molar refractivity (Wildman–Crippen MR) is 137 cm³/mol. The Balaban J connectivity index is 1.46. The zero-order chi connectivity index (χ0) is 26.4. The lowest BCUT2D eigenvalue weighted by Gasteiger charge is -2.07. The number of sulfonamides is 1. The summed E-state index contributed by atoms with van der Waals surface area (Å²) >= 11 is 0. The minimum absolute atomic E-state index is 0.0750. The third-order valence-electron chi connectivity index (χ3n) is 5.91. The van der Waals surface area contributed by atoms with E-state index >= 15 is 4.39 Å². The van der Waals surface area contributed by atoms with Gasteiger partial charge in [0, 0.05) is 48.0 Å². The van der Waals surface area contributed by atoms with Crippen LogP contribution in [0.3, 0.4) is 0 Å². The van der Waals surface area contributed by atoms with Gasteiger partial charge in [-0.25, -0.2) is 36.9 Å². The quantitative estimate of drug-likeness (QED) is 0.295. The topological polar surface area (TPSA) is 142 Å². The Morgan fingerprint density at radius 3 is 2.63 bits per heavy atom. The Bertz CT molecular complexity index is 1940. The molecule has 0 aliphatic carbocycles. The summed E-state index contributed by atoms with van der Waals surface area (Å²) in [5.41, 5.74) is 3.51. The van der Waals surface area contributed by atoms with Crippen LogP contribution in [0.15, 0.2) is 61.2 Å². The Morgan fingerprint density at radius 1 is 0.974 bits per heavy atom. The molecule has 6 aromatic rings. The van der Waals surface area contributed by atoms with Crippen LogP contribution in [0.2, 0.25) is 0 Å². The second kappa shape index (κ2) is 9.04. The monoisotopic (exact) mass is 532 g/mol. The van der Waals surface area contributed by atoms with Gasteiger partial charge in [-0.15, -0.1) is 0 Å². The van der Waals surface area contributed by atoms with Crippen LogP contribution in [0.1, 0.15) is 5.56 Å². The first-order valence-corrected chi connectivity index (χ1v) is 13.2. The van der Waals surface area contributed by atoms with E-state index in [1.54, 1.807) is 36.7 Å². The third kappa shape index (κ3) is 4.37. The van der Waals surface area contributed by atoms with Crippen molar-refractivity contribution < 1.29 is 17.2 Å². The smallest absolute Gasteiger partial charge is 0.209 e. The summed E-state index contributed by atoms with van der Waals surface area (Å²) in [4.78, 5) is 20.4. The molecule has 0 fully saturated rings. The number of nitrogens with zero attached hydrogens (tertiary/aromatic N) is 5. The van der Waals surface area contributed by atoms with Crippen molar-refractivity contribution in [2.45, 2.75) is 6.54 Å². The molecule has 1 aromatic carbocycles. The largest absolute Gasteiger partial charge is 0.321 e. The van der Waals surface area contributed by atoms with Crippen LogP contribution < -0.4 is 4.72 Å². The van der Waals surface area contributed by atoms with E-state index in [2.05, 4.69) is 39.8 Å². The number of pyridine rings is 3. The number of nitrogens with one attached hydrogen (secondary N) is 3. The fourth-order valence-corrected chi connectivity index (χ4v) is 4.66. The Hall–Kier alpha value is -4.62. The molecule has 0 bridgehead atoms. The molecular formula is C25H18F2N8O2S.